The van der Waals surface area contributed by atoms with Crippen LogP contribution in [0.4, 0.5) is 5.69 Å². The van der Waals surface area contributed by atoms with Gasteiger partial charge in [-0.25, -0.2) is 0 Å². The molecule has 2 aromatic carbocycles. The predicted octanol–water partition coefficient (Wildman–Crippen LogP) is 2.69. The predicted molar refractivity (Wildman–Crippen MR) is 88.2 cm³/mol. The summed E-state index contributed by atoms with van der Waals surface area (Å²) in [6, 6.07) is 14.4. The van der Waals surface area contributed by atoms with Crippen molar-refractivity contribution in [3.63, 3.8) is 0 Å². The summed E-state index contributed by atoms with van der Waals surface area (Å²) in [5.41, 5.74) is 1.43. The van der Waals surface area contributed by atoms with Gasteiger partial charge < -0.3 is 19.6 Å². The number of carbonyl (C=O) groups excluding carboxylic acids is 1. The van der Waals surface area contributed by atoms with Gasteiger partial charge in [0, 0.05) is 11.3 Å². The molecule has 23 heavy (non-hydrogen) atoms. The zero-order valence-electron chi connectivity index (χ0n) is 13.0. The molecule has 6 nitrogen and oxygen atoms in total. The second-order valence-electron chi connectivity index (χ2n) is 4.53. The number of para-hydroxylation sites is 1. The molecular weight excluding hydrogens is 296 g/mol. The average Bonchev–Trinajstić information content (AvgIpc) is 2.59. The summed E-state index contributed by atoms with van der Waals surface area (Å²) in [6.07, 6.45) is 1.50. The van der Waals surface area contributed by atoms with Crippen LogP contribution in [-0.4, -0.2) is 32.9 Å². The lowest BCUT2D eigenvalue weighted by molar-refractivity contribution is -0.120. The average molecular weight is 314 g/mol. The highest BCUT2D eigenvalue weighted by Crippen LogP contribution is 2.15. The monoisotopic (exact) mass is 314 g/mol. The molecule has 0 unspecified atom stereocenters. The number of benzene rings is 2. The van der Waals surface area contributed by atoms with Crippen LogP contribution in [-0.2, 0) is 9.63 Å². The van der Waals surface area contributed by atoms with Crippen molar-refractivity contribution in [3.05, 3.63) is 54.1 Å². The molecule has 0 saturated carbocycles. The summed E-state index contributed by atoms with van der Waals surface area (Å²) >= 11 is 0. The molecule has 0 fully saturated rings. The molecule has 0 spiro atoms. The van der Waals surface area contributed by atoms with Gasteiger partial charge in [0.1, 0.15) is 11.5 Å². The van der Waals surface area contributed by atoms with Crippen LogP contribution in [0.5, 0.6) is 11.5 Å². The molecular formula is C17H18N2O4. The molecule has 0 bridgehead atoms. The van der Waals surface area contributed by atoms with Crippen LogP contribution >= 0.6 is 0 Å². The highest BCUT2D eigenvalue weighted by molar-refractivity contribution is 5.91. The van der Waals surface area contributed by atoms with Gasteiger partial charge in [-0.3, -0.25) is 4.79 Å². The van der Waals surface area contributed by atoms with Crippen LogP contribution in [0.15, 0.2) is 53.7 Å². The number of nitrogens with zero attached hydrogens (tertiary/aromatic N) is 1. The second kappa shape index (κ2) is 8.43. The third-order valence-electron chi connectivity index (χ3n) is 2.97. The Labute approximate surface area is 134 Å². The van der Waals surface area contributed by atoms with E-state index in [4.69, 9.17) is 14.3 Å². The number of anilines is 1. The maximum absolute atomic E-state index is 11.7. The molecule has 6 heteroatoms. The standard InChI is InChI=1S/C17H18N2O4/c1-21-15-9-7-14(8-10-15)19-17(20)12-23-18-11-13-5-3-4-6-16(13)22-2/h3-11H,12H2,1-2H3,(H,19,20)/b18-11-. The second-order valence-corrected chi connectivity index (χ2v) is 4.53. The molecule has 0 saturated heterocycles. The highest BCUT2D eigenvalue weighted by Gasteiger charge is 2.03. The van der Waals surface area contributed by atoms with Crippen molar-refractivity contribution in [2.45, 2.75) is 0 Å². The molecule has 2 aromatic rings. The minimum absolute atomic E-state index is 0.183. The number of ether oxygens (including phenoxy) is 2. The Hall–Kier alpha value is -3.02. The Morgan fingerprint density at radius 3 is 2.52 bits per heavy atom. The molecule has 0 heterocycles. The van der Waals surface area contributed by atoms with Crippen LogP contribution in [0, 0.1) is 0 Å². The molecule has 0 aliphatic rings. The summed E-state index contributed by atoms with van der Waals surface area (Å²) in [7, 11) is 3.16. The highest BCUT2D eigenvalue weighted by atomic mass is 16.6. The van der Waals surface area contributed by atoms with E-state index >= 15 is 0 Å². The SMILES string of the molecule is COc1ccc(NC(=O)CO/N=C\c2ccccc2OC)cc1. The van der Waals surface area contributed by atoms with E-state index in [0.29, 0.717) is 11.4 Å². The normalized spacial score (nSPS) is 10.3. The van der Waals surface area contributed by atoms with E-state index in [1.165, 1.54) is 6.21 Å². The van der Waals surface area contributed by atoms with Crippen LogP contribution < -0.4 is 14.8 Å². The van der Waals surface area contributed by atoms with E-state index in [2.05, 4.69) is 10.5 Å². The van der Waals surface area contributed by atoms with E-state index < -0.39 is 0 Å². The zero-order valence-corrected chi connectivity index (χ0v) is 13.0. The minimum Gasteiger partial charge on any atom is -0.497 e. The molecule has 1 N–H and O–H groups in total. The number of methoxy groups -OCH3 is 2. The van der Waals surface area contributed by atoms with E-state index in [-0.39, 0.29) is 12.5 Å². The van der Waals surface area contributed by atoms with Crippen molar-refractivity contribution < 1.29 is 19.1 Å². The Balaban J connectivity index is 1.81. The van der Waals surface area contributed by atoms with Crippen molar-refractivity contribution in [1.82, 2.24) is 0 Å². The summed E-state index contributed by atoms with van der Waals surface area (Å²) in [5.74, 6) is 1.11. The third-order valence-corrected chi connectivity index (χ3v) is 2.97. The van der Waals surface area contributed by atoms with Crippen LogP contribution in [0.3, 0.4) is 0 Å². The maximum Gasteiger partial charge on any atom is 0.265 e. The molecule has 120 valence electrons. The Bertz CT molecular complexity index is 669. The summed E-state index contributed by atoms with van der Waals surface area (Å²) in [5, 5.41) is 6.47. The molecule has 0 radical (unpaired) electrons. The van der Waals surface area contributed by atoms with Gasteiger partial charge in [0.2, 0.25) is 0 Å². The van der Waals surface area contributed by atoms with E-state index in [1.807, 2.05) is 24.3 Å². The number of carbonyl (C=O) groups is 1. The summed E-state index contributed by atoms with van der Waals surface area (Å²) in [6.45, 7) is -0.183. The molecule has 1 amide bonds. The largest absolute Gasteiger partial charge is 0.497 e. The first kappa shape index (κ1) is 16.4. The van der Waals surface area contributed by atoms with Gasteiger partial charge in [-0.15, -0.1) is 0 Å². The van der Waals surface area contributed by atoms with Crippen molar-refractivity contribution in [2.24, 2.45) is 5.16 Å². The number of hydrogen-bond donors (Lipinski definition) is 1. The van der Waals surface area contributed by atoms with E-state index in [0.717, 1.165) is 11.3 Å². The van der Waals surface area contributed by atoms with Crippen molar-refractivity contribution >= 4 is 17.8 Å². The quantitative estimate of drug-likeness (QED) is 0.630. The lowest BCUT2D eigenvalue weighted by Crippen LogP contribution is -2.16. The van der Waals surface area contributed by atoms with Gasteiger partial charge in [0.25, 0.3) is 5.91 Å². The van der Waals surface area contributed by atoms with Crippen LogP contribution in [0.1, 0.15) is 5.56 Å². The molecule has 0 aromatic heterocycles. The number of rotatable bonds is 7. The van der Waals surface area contributed by atoms with Gasteiger partial charge in [-0.2, -0.15) is 0 Å². The lowest BCUT2D eigenvalue weighted by Gasteiger charge is -2.05. The lowest BCUT2D eigenvalue weighted by atomic mass is 10.2. The fourth-order valence-electron chi connectivity index (χ4n) is 1.83. The van der Waals surface area contributed by atoms with Crippen LogP contribution in [0.2, 0.25) is 0 Å². The summed E-state index contributed by atoms with van der Waals surface area (Å²) in [4.78, 5) is 16.7. The van der Waals surface area contributed by atoms with Gasteiger partial charge in [0.05, 0.1) is 20.4 Å². The Morgan fingerprint density at radius 2 is 1.83 bits per heavy atom. The minimum atomic E-state index is -0.299. The first-order valence-electron chi connectivity index (χ1n) is 6.95. The van der Waals surface area contributed by atoms with Crippen molar-refractivity contribution in [3.8, 4) is 11.5 Å². The maximum atomic E-state index is 11.7. The number of hydrogen-bond acceptors (Lipinski definition) is 5. The molecule has 2 rings (SSSR count). The van der Waals surface area contributed by atoms with Gasteiger partial charge in [-0.05, 0) is 36.4 Å². The fraction of sp³-hybridized carbons (Fsp3) is 0.176. The number of oxime groups is 1. The smallest absolute Gasteiger partial charge is 0.265 e. The molecule has 0 aliphatic heterocycles. The molecule has 0 aliphatic carbocycles. The topological polar surface area (TPSA) is 69.2 Å². The van der Waals surface area contributed by atoms with Crippen LogP contribution in [0.25, 0.3) is 0 Å². The fourth-order valence-corrected chi connectivity index (χ4v) is 1.83. The zero-order chi connectivity index (χ0) is 16.5. The molecule has 0 atom stereocenters. The van der Waals surface area contributed by atoms with Gasteiger partial charge in [0.15, 0.2) is 6.61 Å². The van der Waals surface area contributed by atoms with E-state index in [1.54, 1.807) is 38.5 Å². The third kappa shape index (κ3) is 5.03. The summed E-state index contributed by atoms with van der Waals surface area (Å²) < 4.78 is 10.2. The van der Waals surface area contributed by atoms with Crippen molar-refractivity contribution in [1.29, 1.82) is 0 Å². The first-order chi connectivity index (χ1) is 11.2. The Kier molecular flexibility index (Phi) is 5.99. The van der Waals surface area contributed by atoms with E-state index in [9.17, 15) is 4.79 Å². The number of nitrogens with one attached hydrogen (secondary N) is 1. The first-order valence-corrected chi connectivity index (χ1v) is 6.95. The van der Waals surface area contributed by atoms with Gasteiger partial charge >= 0.3 is 0 Å². The number of amides is 1. The Morgan fingerprint density at radius 1 is 1.09 bits per heavy atom. The van der Waals surface area contributed by atoms with Crippen molar-refractivity contribution in [2.75, 3.05) is 26.1 Å². The van der Waals surface area contributed by atoms with Gasteiger partial charge in [-0.1, -0.05) is 17.3 Å².